The van der Waals surface area contributed by atoms with Gasteiger partial charge in [-0.25, -0.2) is 9.37 Å². The van der Waals surface area contributed by atoms with Crippen LogP contribution in [0.5, 0.6) is 0 Å². The van der Waals surface area contributed by atoms with Crippen molar-refractivity contribution in [3.63, 3.8) is 0 Å². The fourth-order valence-electron chi connectivity index (χ4n) is 2.96. The first-order valence-corrected chi connectivity index (χ1v) is 9.07. The van der Waals surface area contributed by atoms with Gasteiger partial charge in [0.15, 0.2) is 5.13 Å². The van der Waals surface area contributed by atoms with Crippen LogP contribution in [0.15, 0.2) is 48.5 Å². The van der Waals surface area contributed by atoms with E-state index in [1.807, 2.05) is 24.3 Å². The normalized spacial score (nSPS) is 17.1. The van der Waals surface area contributed by atoms with E-state index in [4.69, 9.17) is 4.74 Å². The monoisotopic (exact) mass is 356 g/mol. The van der Waals surface area contributed by atoms with E-state index in [2.05, 4.69) is 4.98 Å². The first kappa shape index (κ1) is 16.2. The van der Waals surface area contributed by atoms with E-state index in [1.165, 1.54) is 35.6 Å². The number of para-hydroxylation sites is 1. The van der Waals surface area contributed by atoms with Crippen molar-refractivity contribution in [1.82, 2.24) is 4.98 Å². The SMILES string of the molecule is O=C(c1ccc(F)cc1)N(C[C@H]1CCCO1)c1nc2ccccc2s1. The van der Waals surface area contributed by atoms with E-state index in [1.54, 1.807) is 4.90 Å². The lowest BCUT2D eigenvalue weighted by Crippen LogP contribution is -2.37. The number of amides is 1. The molecule has 128 valence electrons. The van der Waals surface area contributed by atoms with Crippen LogP contribution in [-0.2, 0) is 4.74 Å². The number of thiazole rings is 1. The predicted molar refractivity (Wildman–Crippen MR) is 96.7 cm³/mol. The number of nitrogens with zero attached hydrogens (tertiary/aromatic N) is 2. The lowest BCUT2D eigenvalue weighted by molar-refractivity contribution is 0.0917. The molecular weight excluding hydrogens is 339 g/mol. The molecule has 2 heterocycles. The molecule has 0 saturated carbocycles. The maximum Gasteiger partial charge on any atom is 0.260 e. The average molecular weight is 356 g/mol. The summed E-state index contributed by atoms with van der Waals surface area (Å²) < 4.78 is 19.9. The van der Waals surface area contributed by atoms with Gasteiger partial charge in [0.05, 0.1) is 22.9 Å². The summed E-state index contributed by atoms with van der Waals surface area (Å²) >= 11 is 1.48. The Morgan fingerprint density at radius 3 is 2.76 bits per heavy atom. The van der Waals surface area contributed by atoms with Gasteiger partial charge in [-0.3, -0.25) is 9.69 Å². The van der Waals surface area contributed by atoms with Crippen LogP contribution < -0.4 is 4.90 Å². The molecule has 0 bridgehead atoms. The summed E-state index contributed by atoms with van der Waals surface area (Å²) in [5.74, 6) is -0.545. The number of hydrogen-bond acceptors (Lipinski definition) is 4. The van der Waals surface area contributed by atoms with Crippen LogP contribution >= 0.6 is 11.3 Å². The lowest BCUT2D eigenvalue weighted by atomic mass is 10.1. The molecule has 6 heteroatoms. The van der Waals surface area contributed by atoms with Crippen molar-refractivity contribution in [2.24, 2.45) is 0 Å². The Morgan fingerprint density at radius 2 is 2.04 bits per heavy atom. The molecule has 0 radical (unpaired) electrons. The number of aromatic nitrogens is 1. The number of benzene rings is 2. The van der Waals surface area contributed by atoms with Gasteiger partial charge in [0, 0.05) is 12.2 Å². The second-order valence-corrected chi connectivity index (χ2v) is 7.03. The van der Waals surface area contributed by atoms with Gasteiger partial charge in [-0.05, 0) is 49.2 Å². The first-order chi connectivity index (χ1) is 12.2. The van der Waals surface area contributed by atoms with E-state index in [9.17, 15) is 9.18 Å². The van der Waals surface area contributed by atoms with Crippen LogP contribution in [0.4, 0.5) is 9.52 Å². The zero-order chi connectivity index (χ0) is 17.2. The Morgan fingerprint density at radius 1 is 1.24 bits per heavy atom. The molecule has 0 N–H and O–H groups in total. The lowest BCUT2D eigenvalue weighted by Gasteiger charge is -2.23. The molecule has 25 heavy (non-hydrogen) atoms. The van der Waals surface area contributed by atoms with Crippen LogP contribution in [0, 0.1) is 5.82 Å². The van der Waals surface area contributed by atoms with Gasteiger partial charge in [-0.15, -0.1) is 0 Å². The Kier molecular flexibility index (Phi) is 4.46. The summed E-state index contributed by atoms with van der Waals surface area (Å²) in [6, 6.07) is 13.4. The standard InChI is InChI=1S/C19H17FN2O2S/c20-14-9-7-13(8-10-14)18(23)22(12-15-4-3-11-24-15)19-21-16-5-1-2-6-17(16)25-19/h1-2,5-10,15H,3-4,11-12H2/t15-/m1/s1. The van der Waals surface area contributed by atoms with Gasteiger partial charge < -0.3 is 4.74 Å². The molecule has 1 aliphatic heterocycles. The number of carbonyl (C=O) groups excluding carboxylic acids is 1. The Bertz CT molecular complexity index is 855. The van der Waals surface area contributed by atoms with Crippen molar-refractivity contribution in [3.8, 4) is 0 Å². The molecule has 4 nitrogen and oxygen atoms in total. The van der Waals surface area contributed by atoms with Crippen molar-refractivity contribution in [1.29, 1.82) is 0 Å². The van der Waals surface area contributed by atoms with Crippen LogP contribution in [0.2, 0.25) is 0 Å². The number of anilines is 1. The number of ether oxygens (including phenoxy) is 1. The number of hydrogen-bond donors (Lipinski definition) is 0. The summed E-state index contributed by atoms with van der Waals surface area (Å²) in [6.45, 7) is 1.18. The van der Waals surface area contributed by atoms with Gasteiger partial charge in [0.2, 0.25) is 0 Å². The van der Waals surface area contributed by atoms with Gasteiger partial charge in [0.25, 0.3) is 5.91 Å². The zero-order valence-corrected chi connectivity index (χ0v) is 14.3. The molecule has 1 aromatic heterocycles. The van der Waals surface area contributed by atoms with Crippen LogP contribution in [0.3, 0.4) is 0 Å². The Balaban J connectivity index is 1.69. The Labute approximate surface area is 148 Å². The van der Waals surface area contributed by atoms with E-state index in [-0.39, 0.29) is 17.8 Å². The first-order valence-electron chi connectivity index (χ1n) is 8.25. The maximum atomic E-state index is 13.2. The minimum Gasteiger partial charge on any atom is -0.376 e. The summed E-state index contributed by atoms with van der Waals surface area (Å²) in [6.07, 6.45) is 1.94. The highest BCUT2D eigenvalue weighted by Crippen LogP contribution is 2.30. The molecule has 0 aliphatic carbocycles. The number of rotatable bonds is 4. The molecule has 4 rings (SSSR count). The topological polar surface area (TPSA) is 42.4 Å². The van der Waals surface area contributed by atoms with E-state index < -0.39 is 0 Å². The molecular formula is C19H17FN2O2S. The Hall–Kier alpha value is -2.31. The summed E-state index contributed by atoms with van der Waals surface area (Å²) in [7, 11) is 0. The van der Waals surface area contributed by atoms with E-state index in [0.29, 0.717) is 17.2 Å². The largest absolute Gasteiger partial charge is 0.376 e. The third kappa shape index (κ3) is 3.41. The third-order valence-corrected chi connectivity index (χ3v) is 5.32. The molecule has 2 aromatic carbocycles. The molecule has 1 aliphatic rings. The molecule has 1 fully saturated rings. The van der Waals surface area contributed by atoms with Gasteiger partial charge in [0.1, 0.15) is 5.82 Å². The van der Waals surface area contributed by atoms with E-state index in [0.717, 1.165) is 29.7 Å². The van der Waals surface area contributed by atoms with Gasteiger partial charge >= 0.3 is 0 Å². The van der Waals surface area contributed by atoms with Crippen LogP contribution in [0.1, 0.15) is 23.2 Å². The van der Waals surface area contributed by atoms with Crippen LogP contribution in [0.25, 0.3) is 10.2 Å². The fraction of sp³-hybridized carbons (Fsp3) is 0.263. The number of halogens is 1. The second-order valence-electron chi connectivity index (χ2n) is 6.02. The van der Waals surface area contributed by atoms with Gasteiger partial charge in [-0.1, -0.05) is 23.5 Å². The molecule has 1 amide bonds. The zero-order valence-electron chi connectivity index (χ0n) is 13.5. The van der Waals surface area contributed by atoms with Crippen LogP contribution in [-0.4, -0.2) is 30.1 Å². The maximum absolute atomic E-state index is 13.2. The molecule has 0 unspecified atom stereocenters. The molecule has 1 atom stereocenters. The summed E-state index contributed by atoms with van der Waals surface area (Å²) in [4.78, 5) is 19.3. The molecule has 3 aromatic rings. The number of fused-ring (bicyclic) bond motifs is 1. The third-order valence-electron chi connectivity index (χ3n) is 4.26. The quantitative estimate of drug-likeness (QED) is 0.701. The van der Waals surface area contributed by atoms with Crippen molar-refractivity contribution < 1.29 is 13.9 Å². The molecule has 1 saturated heterocycles. The number of carbonyl (C=O) groups is 1. The average Bonchev–Trinajstić information content (AvgIpc) is 3.29. The highest BCUT2D eigenvalue weighted by Gasteiger charge is 2.27. The van der Waals surface area contributed by atoms with Gasteiger partial charge in [-0.2, -0.15) is 0 Å². The fourth-order valence-corrected chi connectivity index (χ4v) is 3.94. The van der Waals surface area contributed by atoms with Crippen molar-refractivity contribution >= 4 is 32.6 Å². The highest BCUT2D eigenvalue weighted by atomic mass is 32.1. The summed E-state index contributed by atoms with van der Waals surface area (Å²) in [5, 5.41) is 0.644. The predicted octanol–water partition coefficient (Wildman–Crippen LogP) is 4.26. The smallest absolute Gasteiger partial charge is 0.260 e. The highest BCUT2D eigenvalue weighted by molar-refractivity contribution is 7.22. The second kappa shape index (κ2) is 6.90. The van der Waals surface area contributed by atoms with Crippen molar-refractivity contribution in [3.05, 3.63) is 59.9 Å². The summed E-state index contributed by atoms with van der Waals surface area (Å²) in [5.41, 5.74) is 1.31. The minimum absolute atomic E-state index is 0.0106. The minimum atomic E-state index is -0.359. The van der Waals surface area contributed by atoms with Crippen molar-refractivity contribution in [2.45, 2.75) is 18.9 Å². The molecule has 0 spiro atoms. The van der Waals surface area contributed by atoms with E-state index >= 15 is 0 Å². The van der Waals surface area contributed by atoms with Crippen molar-refractivity contribution in [2.75, 3.05) is 18.1 Å².